The molecule has 15 heavy (non-hydrogen) atoms. The summed E-state index contributed by atoms with van der Waals surface area (Å²) in [6, 6.07) is 1.52. The molecule has 0 amide bonds. The minimum Gasteiger partial charge on any atom is -0.258 e. The van der Waals surface area contributed by atoms with Crippen molar-refractivity contribution >= 4 is 28.3 Å². The average Bonchev–Trinajstić information content (AvgIpc) is 2.16. The number of alkyl halides is 2. The van der Waals surface area contributed by atoms with E-state index in [1.807, 2.05) is 0 Å². The Balaban J connectivity index is 3.48. The molecule has 78 valence electrons. The first-order valence-electron chi connectivity index (χ1n) is 3.50. The summed E-state index contributed by atoms with van der Waals surface area (Å²) in [6.07, 6.45) is -2.19. The van der Waals surface area contributed by atoms with Crippen molar-refractivity contribution in [3.05, 3.63) is 31.1 Å². The maximum absolute atomic E-state index is 12.3. The lowest BCUT2D eigenvalue weighted by Gasteiger charge is -2.03. The number of hydrogen-bond donors (Lipinski definition) is 0. The van der Waals surface area contributed by atoms with E-state index in [-0.39, 0.29) is 9.13 Å². The number of aromatic nitrogens is 1. The second-order valence-electron chi connectivity index (χ2n) is 2.39. The van der Waals surface area contributed by atoms with E-state index >= 15 is 0 Å². The van der Waals surface area contributed by atoms with Gasteiger partial charge in [0.15, 0.2) is 0 Å². The zero-order valence-electron chi connectivity index (χ0n) is 6.95. The molecule has 0 radical (unpaired) electrons. The van der Waals surface area contributed by atoms with Crippen LogP contribution < -0.4 is 0 Å². The minimum atomic E-state index is -2.86. The van der Waals surface area contributed by atoms with Crippen LogP contribution in [0.3, 0.4) is 0 Å². The van der Waals surface area contributed by atoms with Crippen molar-refractivity contribution in [2.75, 3.05) is 0 Å². The third-order valence-electron chi connectivity index (χ3n) is 1.54. The number of hydrogen-bond acceptors (Lipinski definition) is 4. The Morgan fingerprint density at radius 3 is 2.67 bits per heavy atom. The fourth-order valence-corrected chi connectivity index (χ4v) is 1.66. The van der Waals surface area contributed by atoms with Crippen LogP contribution in [0.4, 0.5) is 14.5 Å². The Bertz CT molecular complexity index is 458. The Morgan fingerprint density at radius 2 is 2.27 bits per heavy atom. The highest BCUT2D eigenvalue weighted by molar-refractivity contribution is 14.1. The quantitative estimate of drug-likeness (QED) is 0.475. The SMILES string of the molecule is N#Cc1c([N+](=O)[O-])cnc(C(F)F)c1I. The molecule has 0 saturated heterocycles. The summed E-state index contributed by atoms with van der Waals surface area (Å²) < 4.78 is 24.5. The number of halogens is 3. The predicted molar refractivity (Wildman–Crippen MR) is 53.3 cm³/mol. The highest BCUT2D eigenvalue weighted by atomic mass is 127. The smallest absolute Gasteiger partial charge is 0.258 e. The van der Waals surface area contributed by atoms with Crippen molar-refractivity contribution in [1.29, 1.82) is 5.26 Å². The molecular formula is C7H2F2IN3O2. The van der Waals surface area contributed by atoms with E-state index in [9.17, 15) is 18.9 Å². The third-order valence-corrected chi connectivity index (χ3v) is 2.63. The average molecular weight is 325 g/mol. The Labute approximate surface area is 96.0 Å². The van der Waals surface area contributed by atoms with Crippen molar-refractivity contribution in [2.24, 2.45) is 0 Å². The van der Waals surface area contributed by atoms with Crippen molar-refractivity contribution in [3.63, 3.8) is 0 Å². The van der Waals surface area contributed by atoms with E-state index in [1.165, 1.54) is 28.7 Å². The molecule has 5 nitrogen and oxygen atoms in total. The van der Waals surface area contributed by atoms with Gasteiger partial charge in [-0.05, 0) is 22.6 Å². The topological polar surface area (TPSA) is 79.8 Å². The Hall–Kier alpha value is -1.37. The van der Waals surface area contributed by atoms with Crippen LogP contribution >= 0.6 is 22.6 Å². The van der Waals surface area contributed by atoms with Crippen LogP contribution in [-0.4, -0.2) is 9.91 Å². The molecule has 0 N–H and O–H groups in total. The van der Waals surface area contributed by atoms with Gasteiger partial charge in [0, 0.05) is 0 Å². The standard InChI is InChI=1S/C7H2F2IN3O2/c8-7(9)6-5(10)3(1-11)4(2-12-6)13(14)15/h2,7H. The van der Waals surface area contributed by atoms with Gasteiger partial charge in [0.25, 0.3) is 6.43 Å². The van der Waals surface area contributed by atoms with Gasteiger partial charge >= 0.3 is 5.69 Å². The summed E-state index contributed by atoms with van der Waals surface area (Å²) in [5.41, 5.74) is -1.56. The van der Waals surface area contributed by atoms with Crippen LogP contribution in [0, 0.1) is 25.0 Å². The molecule has 1 rings (SSSR count). The third kappa shape index (κ3) is 2.17. The summed E-state index contributed by atoms with van der Waals surface area (Å²) in [4.78, 5) is 12.9. The van der Waals surface area contributed by atoms with Gasteiger partial charge in [-0.2, -0.15) is 5.26 Å². The summed E-state index contributed by atoms with van der Waals surface area (Å²) in [7, 11) is 0. The van der Waals surface area contributed by atoms with E-state index in [2.05, 4.69) is 4.98 Å². The molecule has 1 aromatic heterocycles. The molecule has 1 aromatic rings. The van der Waals surface area contributed by atoms with Gasteiger partial charge in [-0.15, -0.1) is 0 Å². The lowest BCUT2D eigenvalue weighted by molar-refractivity contribution is -0.385. The Kier molecular flexibility index (Phi) is 3.46. The van der Waals surface area contributed by atoms with Crippen LogP contribution in [0.15, 0.2) is 6.20 Å². The first kappa shape index (κ1) is 11.7. The molecule has 0 saturated carbocycles. The maximum Gasteiger partial charge on any atom is 0.306 e. The number of nitriles is 1. The summed E-state index contributed by atoms with van der Waals surface area (Å²) in [5.74, 6) is 0. The van der Waals surface area contributed by atoms with Crippen LogP contribution in [0.5, 0.6) is 0 Å². The fraction of sp³-hybridized carbons (Fsp3) is 0.143. The van der Waals surface area contributed by atoms with E-state index in [0.29, 0.717) is 6.20 Å². The van der Waals surface area contributed by atoms with Gasteiger partial charge in [0.1, 0.15) is 23.5 Å². The first-order valence-corrected chi connectivity index (χ1v) is 4.58. The van der Waals surface area contributed by atoms with E-state index in [4.69, 9.17) is 5.26 Å². The zero-order chi connectivity index (χ0) is 11.6. The molecule has 0 aliphatic rings. The Morgan fingerprint density at radius 1 is 1.67 bits per heavy atom. The van der Waals surface area contributed by atoms with Crippen molar-refractivity contribution < 1.29 is 13.7 Å². The zero-order valence-corrected chi connectivity index (χ0v) is 9.10. The summed E-state index contributed by atoms with van der Waals surface area (Å²) >= 11 is 1.45. The van der Waals surface area contributed by atoms with Gasteiger partial charge in [-0.1, -0.05) is 0 Å². The normalized spacial score (nSPS) is 10.1. The second kappa shape index (κ2) is 4.43. The van der Waals surface area contributed by atoms with Crippen LogP contribution in [-0.2, 0) is 0 Å². The van der Waals surface area contributed by atoms with Gasteiger partial charge < -0.3 is 0 Å². The summed E-state index contributed by atoms with van der Waals surface area (Å²) in [6.45, 7) is 0. The molecular weight excluding hydrogens is 323 g/mol. The number of nitro groups is 1. The number of nitrogens with zero attached hydrogens (tertiary/aromatic N) is 3. The van der Waals surface area contributed by atoms with Gasteiger partial charge in [-0.3, -0.25) is 10.1 Å². The highest BCUT2D eigenvalue weighted by Gasteiger charge is 2.24. The molecule has 8 heteroatoms. The summed E-state index contributed by atoms with van der Waals surface area (Å²) in [5, 5.41) is 19.1. The fourth-order valence-electron chi connectivity index (χ4n) is 0.889. The van der Waals surface area contributed by atoms with E-state index in [1.54, 1.807) is 0 Å². The molecule has 0 spiro atoms. The molecule has 0 bridgehead atoms. The van der Waals surface area contributed by atoms with Crippen molar-refractivity contribution in [2.45, 2.75) is 6.43 Å². The maximum atomic E-state index is 12.3. The molecule has 1 heterocycles. The number of pyridine rings is 1. The van der Waals surface area contributed by atoms with Crippen molar-refractivity contribution in [1.82, 2.24) is 4.98 Å². The predicted octanol–water partition coefficient (Wildman–Crippen LogP) is 2.40. The van der Waals surface area contributed by atoms with Gasteiger partial charge in [0.05, 0.1) is 8.49 Å². The van der Waals surface area contributed by atoms with E-state index in [0.717, 1.165) is 0 Å². The molecule has 0 aliphatic carbocycles. The van der Waals surface area contributed by atoms with E-state index < -0.39 is 22.7 Å². The first-order chi connectivity index (χ1) is 6.99. The van der Waals surface area contributed by atoms with Gasteiger partial charge in [-0.25, -0.2) is 13.8 Å². The monoisotopic (exact) mass is 325 g/mol. The molecule has 0 atom stereocenters. The second-order valence-corrected chi connectivity index (χ2v) is 3.47. The largest absolute Gasteiger partial charge is 0.306 e. The van der Waals surface area contributed by atoms with Crippen LogP contribution in [0.1, 0.15) is 17.7 Å². The lowest BCUT2D eigenvalue weighted by atomic mass is 10.2. The minimum absolute atomic E-state index is 0.181. The van der Waals surface area contributed by atoms with Crippen LogP contribution in [0.2, 0.25) is 0 Å². The molecule has 0 aliphatic heterocycles. The van der Waals surface area contributed by atoms with Gasteiger partial charge in [0.2, 0.25) is 0 Å². The molecule has 0 fully saturated rings. The lowest BCUT2D eigenvalue weighted by Crippen LogP contribution is -2.02. The van der Waals surface area contributed by atoms with Crippen LogP contribution in [0.25, 0.3) is 0 Å². The highest BCUT2D eigenvalue weighted by Crippen LogP contribution is 2.29. The molecule has 0 unspecified atom stereocenters. The number of rotatable bonds is 2. The van der Waals surface area contributed by atoms with Crippen molar-refractivity contribution in [3.8, 4) is 6.07 Å². The molecule has 0 aromatic carbocycles.